The summed E-state index contributed by atoms with van der Waals surface area (Å²) in [5.41, 5.74) is 1.42. The number of hydrogen-bond acceptors (Lipinski definition) is 5. The second-order valence-electron chi connectivity index (χ2n) is 6.34. The van der Waals surface area contributed by atoms with Gasteiger partial charge in [-0.15, -0.1) is 0 Å². The van der Waals surface area contributed by atoms with Gasteiger partial charge in [-0.1, -0.05) is 29.3 Å². The molecule has 8 heteroatoms. The fraction of sp³-hybridized carbons (Fsp3) is 0.211. The number of pyridine rings is 1. The van der Waals surface area contributed by atoms with Crippen molar-refractivity contribution in [3.8, 4) is 5.75 Å². The standard InChI is InChI=1S/C19H16Cl2N2O3S/c1-26-14-4-2-12-11-23(6-7-27(24,25)18(12)9-14)19-10-16(21)15-8-13(20)3-5-17(15)22-19/h2-5,8-10H,6-7,11H2,1H3. The van der Waals surface area contributed by atoms with Gasteiger partial charge in [0, 0.05) is 23.5 Å². The number of rotatable bonds is 2. The summed E-state index contributed by atoms with van der Waals surface area (Å²) in [6, 6.07) is 12.2. The SMILES string of the molecule is COc1ccc2c(c1)S(=O)(=O)CCN(c1cc(Cl)c3cc(Cl)ccc3n1)C2. The van der Waals surface area contributed by atoms with E-state index >= 15 is 0 Å². The van der Waals surface area contributed by atoms with Gasteiger partial charge in [0.1, 0.15) is 11.6 Å². The Hall–Kier alpha value is -2.02. The smallest absolute Gasteiger partial charge is 0.180 e. The maximum absolute atomic E-state index is 12.7. The average Bonchev–Trinajstić information content (AvgIpc) is 2.78. The molecule has 1 aromatic heterocycles. The molecule has 0 saturated heterocycles. The number of anilines is 1. The van der Waals surface area contributed by atoms with Crippen molar-refractivity contribution in [3.63, 3.8) is 0 Å². The van der Waals surface area contributed by atoms with E-state index in [-0.39, 0.29) is 5.75 Å². The van der Waals surface area contributed by atoms with Crippen LogP contribution < -0.4 is 9.64 Å². The first-order valence-electron chi connectivity index (χ1n) is 8.28. The van der Waals surface area contributed by atoms with Gasteiger partial charge in [0.2, 0.25) is 0 Å². The van der Waals surface area contributed by atoms with Crippen LogP contribution in [-0.4, -0.2) is 32.8 Å². The van der Waals surface area contributed by atoms with Crippen molar-refractivity contribution in [2.75, 3.05) is 24.3 Å². The Bertz CT molecular complexity index is 1150. The zero-order valence-corrected chi connectivity index (χ0v) is 16.8. The predicted molar refractivity (Wildman–Crippen MR) is 108 cm³/mol. The Morgan fingerprint density at radius 3 is 2.70 bits per heavy atom. The minimum absolute atomic E-state index is 0.00881. The first-order valence-corrected chi connectivity index (χ1v) is 10.7. The number of methoxy groups -OCH3 is 1. The summed E-state index contributed by atoms with van der Waals surface area (Å²) in [6.45, 7) is 0.739. The van der Waals surface area contributed by atoms with Gasteiger partial charge in [-0.2, -0.15) is 0 Å². The van der Waals surface area contributed by atoms with Crippen LogP contribution in [0.2, 0.25) is 10.0 Å². The number of ether oxygens (including phenoxy) is 1. The summed E-state index contributed by atoms with van der Waals surface area (Å²) in [4.78, 5) is 6.89. The van der Waals surface area contributed by atoms with Gasteiger partial charge in [0.15, 0.2) is 9.84 Å². The van der Waals surface area contributed by atoms with Crippen LogP contribution in [-0.2, 0) is 16.4 Å². The van der Waals surface area contributed by atoms with Gasteiger partial charge in [-0.05, 0) is 42.0 Å². The Morgan fingerprint density at radius 2 is 1.93 bits per heavy atom. The van der Waals surface area contributed by atoms with Crippen molar-refractivity contribution >= 4 is 49.8 Å². The van der Waals surface area contributed by atoms with Gasteiger partial charge in [0.05, 0.1) is 28.3 Å². The molecule has 0 saturated carbocycles. The summed E-state index contributed by atoms with van der Waals surface area (Å²) >= 11 is 12.5. The highest BCUT2D eigenvalue weighted by atomic mass is 35.5. The molecule has 2 aromatic carbocycles. The molecule has 3 aromatic rings. The van der Waals surface area contributed by atoms with Crippen molar-refractivity contribution in [3.05, 3.63) is 58.1 Å². The van der Waals surface area contributed by atoms with Crippen LogP contribution in [0.15, 0.2) is 47.4 Å². The lowest BCUT2D eigenvalue weighted by Crippen LogP contribution is -2.26. The molecule has 0 N–H and O–H groups in total. The first-order chi connectivity index (χ1) is 12.9. The normalized spacial score (nSPS) is 16.0. The van der Waals surface area contributed by atoms with Crippen molar-refractivity contribution in [2.24, 2.45) is 0 Å². The van der Waals surface area contributed by atoms with Crippen molar-refractivity contribution in [2.45, 2.75) is 11.4 Å². The van der Waals surface area contributed by atoms with E-state index in [2.05, 4.69) is 4.98 Å². The average molecular weight is 423 g/mol. The Balaban J connectivity index is 1.79. The van der Waals surface area contributed by atoms with E-state index in [0.717, 1.165) is 5.39 Å². The molecule has 0 atom stereocenters. The van der Waals surface area contributed by atoms with E-state index < -0.39 is 9.84 Å². The molecule has 1 aliphatic heterocycles. The predicted octanol–water partition coefficient (Wildman–Crippen LogP) is 4.34. The Labute approximate surface area is 167 Å². The molecule has 140 valence electrons. The molecule has 0 aliphatic carbocycles. The van der Waals surface area contributed by atoms with Gasteiger partial charge < -0.3 is 9.64 Å². The summed E-state index contributed by atoms with van der Waals surface area (Å²) in [5, 5.41) is 1.88. The highest BCUT2D eigenvalue weighted by molar-refractivity contribution is 7.91. The third kappa shape index (κ3) is 3.45. The zero-order valence-electron chi connectivity index (χ0n) is 14.4. The molecular weight excluding hydrogens is 407 g/mol. The Morgan fingerprint density at radius 1 is 1.11 bits per heavy atom. The minimum atomic E-state index is -3.41. The van der Waals surface area contributed by atoms with Gasteiger partial charge >= 0.3 is 0 Å². The number of fused-ring (bicyclic) bond motifs is 2. The molecule has 2 heterocycles. The molecule has 5 nitrogen and oxygen atoms in total. The van der Waals surface area contributed by atoms with E-state index in [9.17, 15) is 8.42 Å². The Kier molecular flexibility index (Phi) is 4.66. The molecule has 0 radical (unpaired) electrons. The number of aromatic nitrogens is 1. The van der Waals surface area contributed by atoms with E-state index in [1.807, 2.05) is 4.90 Å². The minimum Gasteiger partial charge on any atom is -0.497 e. The van der Waals surface area contributed by atoms with Crippen molar-refractivity contribution in [1.29, 1.82) is 0 Å². The third-order valence-corrected chi connectivity index (χ3v) is 6.95. The molecule has 0 spiro atoms. The molecule has 1 aliphatic rings. The largest absolute Gasteiger partial charge is 0.497 e. The van der Waals surface area contributed by atoms with Crippen LogP contribution in [0, 0.1) is 0 Å². The fourth-order valence-corrected chi connectivity index (χ4v) is 5.14. The van der Waals surface area contributed by atoms with Crippen LogP contribution in [0.25, 0.3) is 10.9 Å². The second kappa shape index (κ2) is 6.86. The van der Waals surface area contributed by atoms with E-state index in [1.54, 1.807) is 42.5 Å². The lowest BCUT2D eigenvalue weighted by Gasteiger charge is -2.22. The maximum atomic E-state index is 12.7. The lowest BCUT2D eigenvalue weighted by atomic mass is 10.2. The molecule has 27 heavy (non-hydrogen) atoms. The van der Waals surface area contributed by atoms with E-state index in [0.29, 0.717) is 50.7 Å². The first kappa shape index (κ1) is 18.3. The van der Waals surface area contributed by atoms with Crippen LogP contribution in [0.3, 0.4) is 0 Å². The van der Waals surface area contributed by atoms with Crippen LogP contribution >= 0.6 is 23.2 Å². The van der Waals surface area contributed by atoms with E-state index in [4.69, 9.17) is 27.9 Å². The number of hydrogen-bond donors (Lipinski definition) is 0. The molecule has 0 bridgehead atoms. The fourth-order valence-electron chi connectivity index (χ4n) is 3.21. The topological polar surface area (TPSA) is 59.5 Å². The maximum Gasteiger partial charge on any atom is 0.180 e. The van der Waals surface area contributed by atoms with Crippen LogP contribution in [0.4, 0.5) is 5.82 Å². The third-order valence-electron chi connectivity index (χ3n) is 4.63. The molecule has 0 amide bonds. The summed E-state index contributed by atoms with van der Waals surface area (Å²) in [7, 11) is -1.89. The second-order valence-corrected chi connectivity index (χ2v) is 9.26. The van der Waals surface area contributed by atoms with Gasteiger partial charge in [-0.3, -0.25) is 0 Å². The number of benzene rings is 2. The summed E-state index contributed by atoms with van der Waals surface area (Å²) in [5.74, 6) is 1.15. The molecule has 0 unspecified atom stereocenters. The van der Waals surface area contributed by atoms with Crippen LogP contribution in [0.1, 0.15) is 5.56 Å². The molecule has 0 fully saturated rings. The number of halogens is 2. The molecule has 4 rings (SSSR count). The van der Waals surface area contributed by atoms with Gasteiger partial charge in [-0.25, -0.2) is 13.4 Å². The summed E-state index contributed by atoms with van der Waals surface area (Å²) in [6.07, 6.45) is 0. The highest BCUT2D eigenvalue weighted by Crippen LogP contribution is 2.32. The summed E-state index contributed by atoms with van der Waals surface area (Å²) < 4.78 is 30.6. The highest BCUT2D eigenvalue weighted by Gasteiger charge is 2.27. The van der Waals surface area contributed by atoms with E-state index in [1.165, 1.54) is 7.11 Å². The number of sulfone groups is 1. The lowest BCUT2D eigenvalue weighted by molar-refractivity contribution is 0.413. The zero-order chi connectivity index (χ0) is 19.2. The molecular formula is C19H16Cl2N2O3S. The van der Waals surface area contributed by atoms with Gasteiger partial charge in [0.25, 0.3) is 0 Å². The monoisotopic (exact) mass is 422 g/mol. The quantitative estimate of drug-likeness (QED) is 0.614. The van der Waals surface area contributed by atoms with Crippen molar-refractivity contribution < 1.29 is 13.2 Å². The number of nitrogens with zero attached hydrogens (tertiary/aromatic N) is 2. The van der Waals surface area contributed by atoms with Crippen LogP contribution in [0.5, 0.6) is 5.75 Å². The van der Waals surface area contributed by atoms with Crippen molar-refractivity contribution in [1.82, 2.24) is 4.98 Å².